The molecule has 3 rings (SSSR count). The summed E-state index contributed by atoms with van der Waals surface area (Å²) in [7, 11) is 0. The second kappa shape index (κ2) is 7.99. The van der Waals surface area contributed by atoms with Crippen LogP contribution in [-0.4, -0.2) is 22.9 Å². The van der Waals surface area contributed by atoms with E-state index in [0.29, 0.717) is 0 Å². The number of nitrogens with one attached hydrogen (secondary N) is 1. The summed E-state index contributed by atoms with van der Waals surface area (Å²) in [6, 6.07) is 11.8. The number of nitrogens with zero attached hydrogens (tertiary/aromatic N) is 1. The molecule has 0 aliphatic heterocycles. The maximum atomic E-state index is 12.2. The van der Waals surface area contributed by atoms with Gasteiger partial charge in [0.05, 0.1) is 11.3 Å². The van der Waals surface area contributed by atoms with Crippen LogP contribution in [0.4, 0.5) is 11.4 Å². The maximum absolute atomic E-state index is 12.2. The Balaban J connectivity index is 1.58. The van der Waals surface area contributed by atoms with Gasteiger partial charge in [-0.1, -0.05) is 30.3 Å². The van der Waals surface area contributed by atoms with E-state index in [4.69, 9.17) is 4.74 Å². The number of fused-ring (bicyclic) bond motifs is 1. The summed E-state index contributed by atoms with van der Waals surface area (Å²) < 4.78 is 5.19. The van der Waals surface area contributed by atoms with Crippen LogP contribution in [0.5, 0.6) is 0 Å². The largest absolute Gasteiger partial charge is 0.452 e. The highest BCUT2D eigenvalue weighted by molar-refractivity contribution is 5.96. The van der Waals surface area contributed by atoms with Crippen LogP contribution in [-0.2, 0) is 33.6 Å². The van der Waals surface area contributed by atoms with Gasteiger partial charge in [-0.05, 0) is 48.9 Å². The van der Waals surface area contributed by atoms with Gasteiger partial charge in [0.2, 0.25) is 0 Å². The van der Waals surface area contributed by atoms with Crippen molar-refractivity contribution in [1.82, 2.24) is 0 Å². The van der Waals surface area contributed by atoms with Crippen molar-refractivity contribution in [2.75, 3.05) is 5.32 Å². The van der Waals surface area contributed by atoms with Crippen molar-refractivity contribution in [2.45, 2.75) is 38.7 Å². The molecule has 0 saturated carbocycles. The van der Waals surface area contributed by atoms with Crippen molar-refractivity contribution in [1.29, 1.82) is 0 Å². The third-order valence-corrected chi connectivity index (χ3v) is 4.55. The molecule has 1 atom stereocenters. The number of hydrogen-bond donors (Lipinski definition) is 1. The number of anilines is 1. The predicted molar refractivity (Wildman–Crippen MR) is 99.5 cm³/mol. The van der Waals surface area contributed by atoms with E-state index in [1.807, 2.05) is 18.2 Å². The first kappa shape index (κ1) is 18.6. The van der Waals surface area contributed by atoms with Crippen molar-refractivity contribution in [3.63, 3.8) is 0 Å². The zero-order chi connectivity index (χ0) is 19.4. The predicted octanol–water partition coefficient (Wildman–Crippen LogP) is 3.20. The first-order chi connectivity index (χ1) is 12.9. The molecule has 1 N–H and O–H groups in total. The SMILES string of the molecule is C[C@H](OC(=O)Cc1ccc2c(c1)CCC2)C(=O)Nc1ccccc1[N+](=O)[O-]. The van der Waals surface area contributed by atoms with Crippen LogP contribution in [0, 0.1) is 10.1 Å². The van der Waals surface area contributed by atoms with Crippen molar-refractivity contribution in [2.24, 2.45) is 0 Å². The Bertz CT molecular complexity index is 894. The summed E-state index contributed by atoms with van der Waals surface area (Å²) in [4.78, 5) is 34.8. The minimum atomic E-state index is -1.06. The van der Waals surface area contributed by atoms with Gasteiger partial charge < -0.3 is 10.1 Å². The first-order valence-electron chi connectivity index (χ1n) is 8.78. The van der Waals surface area contributed by atoms with E-state index in [0.717, 1.165) is 24.8 Å². The summed E-state index contributed by atoms with van der Waals surface area (Å²) in [6.07, 6.45) is 2.24. The minimum absolute atomic E-state index is 0.0639. The zero-order valence-corrected chi connectivity index (χ0v) is 14.9. The van der Waals surface area contributed by atoms with E-state index >= 15 is 0 Å². The second-order valence-corrected chi connectivity index (χ2v) is 6.53. The van der Waals surface area contributed by atoms with Gasteiger partial charge in [0, 0.05) is 6.07 Å². The quantitative estimate of drug-likeness (QED) is 0.480. The Morgan fingerprint density at radius 1 is 1.19 bits per heavy atom. The lowest BCUT2D eigenvalue weighted by Gasteiger charge is -2.14. The van der Waals surface area contributed by atoms with Crippen molar-refractivity contribution < 1.29 is 19.2 Å². The molecule has 0 fully saturated rings. The number of nitro benzene ring substituents is 1. The molecule has 0 bridgehead atoms. The average Bonchev–Trinajstić information content (AvgIpc) is 3.09. The number of ether oxygens (including phenoxy) is 1. The van der Waals surface area contributed by atoms with Gasteiger partial charge in [0.1, 0.15) is 5.69 Å². The van der Waals surface area contributed by atoms with Gasteiger partial charge in [0.25, 0.3) is 11.6 Å². The summed E-state index contributed by atoms with van der Waals surface area (Å²) in [6.45, 7) is 1.44. The number of benzene rings is 2. The van der Waals surface area contributed by atoms with E-state index in [9.17, 15) is 19.7 Å². The molecule has 0 radical (unpaired) electrons. The summed E-state index contributed by atoms with van der Waals surface area (Å²) in [5.74, 6) is -1.13. The van der Waals surface area contributed by atoms with Crippen LogP contribution in [0.1, 0.15) is 30.0 Å². The van der Waals surface area contributed by atoms with Gasteiger partial charge in [0.15, 0.2) is 6.10 Å². The number of carbonyl (C=O) groups is 2. The molecule has 0 spiro atoms. The van der Waals surface area contributed by atoms with Crippen molar-refractivity contribution >= 4 is 23.3 Å². The number of para-hydroxylation sites is 2. The van der Waals surface area contributed by atoms with E-state index in [-0.39, 0.29) is 17.8 Å². The van der Waals surface area contributed by atoms with Gasteiger partial charge in [-0.15, -0.1) is 0 Å². The molecule has 0 unspecified atom stereocenters. The molecular formula is C20H20N2O5. The van der Waals surface area contributed by atoms with Gasteiger partial charge >= 0.3 is 5.97 Å². The number of rotatable bonds is 6. The highest BCUT2D eigenvalue weighted by atomic mass is 16.6. The lowest BCUT2D eigenvalue weighted by Crippen LogP contribution is -2.30. The lowest BCUT2D eigenvalue weighted by atomic mass is 10.0. The zero-order valence-electron chi connectivity index (χ0n) is 14.9. The third-order valence-electron chi connectivity index (χ3n) is 4.55. The lowest BCUT2D eigenvalue weighted by molar-refractivity contribution is -0.383. The highest BCUT2D eigenvalue weighted by Gasteiger charge is 2.22. The summed E-state index contributed by atoms with van der Waals surface area (Å²) in [5, 5.41) is 13.4. The molecule has 7 heteroatoms. The maximum Gasteiger partial charge on any atom is 0.311 e. The fourth-order valence-corrected chi connectivity index (χ4v) is 3.17. The molecule has 0 aromatic heterocycles. The molecule has 1 aliphatic carbocycles. The highest BCUT2D eigenvalue weighted by Crippen LogP contribution is 2.24. The van der Waals surface area contributed by atoms with Crippen molar-refractivity contribution in [3.05, 3.63) is 69.3 Å². The van der Waals surface area contributed by atoms with Crippen LogP contribution in [0.15, 0.2) is 42.5 Å². The van der Waals surface area contributed by atoms with Crippen LogP contribution in [0.2, 0.25) is 0 Å². The third kappa shape index (κ3) is 4.49. The van der Waals surface area contributed by atoms with E-state index in [1.54, 1.807) is 6.07 Å². The molecule has 0 saturated heterocycles. The van der Waals surface area contributed by atoms with E-state index in [1.165, 1.54) is 36.2 Å². The molecule has 0 heterocycles. The molecule has 1 aliphatic rings. The molecular weight excluding hydrogens is 348 g/mol. The Kier molecular flexibility index (Phi) is 5.49. The van der Waals surface area contributed by atoms with E-state index < -0.39 is 22.9 Å². The van der Waals surface area contributed by atoms with Gasteiger partial charge in [-0.2, -0.15) is 0 Å². The van der Waals surface area contributed by atoms with Crippen LogP contribution < -0.4 is 5.32 Å². The summed E-state index contributed by atoms with van der Waals surface area (Å²) in [5.41, 5.74) is 3.29. The van der Waals surface area contributed by atoms with Gasteiger partial charge in [-0.25, -0.2) is 0 Å². The smallest absolute Gasteiger partial charge is 0.311 e. The average molecular weight is 368 g/mol. The monoisotopic (exact) mass is 368 g/mol. The minimum Gasteiger partial charge on any atom is -0.452 e. The van der Waals surface area contributed by atoms with Crippen LogP contribution >= 0.6 is 0 Å². The standard InChI is InChI=1S/C20H20N2O5/c1-13(20(24)21-17-7-2-3-8-18(17)22(25)26)27-19(23)12-14-9-10-15-5-4-6-16(15)11-14/h2-3,7-11,13H,4-6,12H2,1H3,(H,21,24)/t13-/m0/s1. The fourth-order valence-electron chi connectivity index (χ4n) is 3.17. The number of esters is 1. The molecule has 2 aromatic rings. The number of carbonyl (C=O) groups excluding carboxylic acids is 2. The van der Waals surface area contributed by atoms with E-state index in [2.05, 4.69) is 5.32 Å². The number of hydrogen-bond acceptors (Lipinski definition) is 5. The number of nitro groups is 1. The Morgan fingerprint density at radius 3 is 2.70 bits per heavy atom. The molecule has 7 nitrogen and oxygen atoms in total. The number of aryl methyl sites for hydroxylation is 2. The molecule has 27 heavy (non-hydrogen) atoms. The molecule has 1 amide bonds. The van der Waals surface area contributed by atoms with Crippen LogP contribution in [0.25, 0.3) is 0 Å². The molecule has 140 valence electrons. The van der Waals surface area contributed by atoms with Gasteiger partial charge in [-0.3, -0.25) is 19.7 Å². The Hall–Kier alpha value is -3.22. The second-order valence-electron chi connectivity index (χ2n) is 6.53. The Labute approximate surface area is 156 Å². The van der Waals surface area contributed by atoms with Crippen LogP contribution in [0.3, 0.4) is 0 Å². The fraction of sp³-hybridized carbons (Fsp3) is 0.300. The van der Waals surface area contributed by atoms with Crippen molar-refractivity contribution in [3.8, 4) is 0 Å². The Morgan fingerprint density at radius 2 is 1.93 bits per heavy atom. The summed E-state index contributed by atoms with van der Waals surface area (Å²) >= 11 is 0. The molecule has 2 aromatic carbocycles. The number of amides is 1. The normalized spacial score (nSPS) is 13.5. The topological polar surface area (TPSA) is 98.5 Å². The first-order valence-corrected chi connectivity index (χ1v) is 8.78.